The molecule has 0 spiro atoms. The standard InChI is InChI=1S/C15H21NO2/c1-15(16-11-14-17-9-10-18-14)8-4-6-12-5-2-3-7-13(12)15/h2-3,5,7,14,16H,4,6,8-11H2,1H3/t15-/m1/s1. The van der Waals surface area contributed by atoms with Crippen LogP contribution in [-0.4, -0.2) is 26.0 Å². The third-order valence-corrected chi connectivity index (χ3v) is 4.08. The molecule has 0 aromatic heterocycles. The Kier molecular flexibility index (Phi) is 3.37. The highest BCUT2D eigenvalue weighted by molar-refractivity contribution is 5.35. The summed E-state index contributed by atoms with van der Waals surface area (Å²) in [6, 6.07) is 8.76. The van der Waals surface area contributed by atoms with E-state index in [9.17, 15) is 0 Å². The van der Waals surface area contributed by atoms with Gasteiger partial charge in [-0.15, -0.1) is 0 Å². The Morgan fingerprint density at radius 3 is 2.89 bits per heavy atom. The molecule has 0 bridgehead atoms. The van der Waals surface area contributed by atoms with Gasteiger partial charge in [-0.05, 0) is 37.3 Å². The number of hydrogen-bond donors (Lipinski definition) is 1. The van der Waals surface area contributed by atoms with E-state index >= 15 is 0 Å². The lowest BCUT2D eigenvalue weighted by molar-refractivity contribution is -0.0441. The number of rotatable bonds is 3. The molecule has 1 aliphatic carbocycles. The van der Waals surface area contributed by atoms with Gasteiger partial charge < -0.3 is 14.8 Å². The molecule has 98 valence electrons. The van der Waals surface area contributed by atoms with Crippen molar-refractivity contribution in [2.45, 2.75) is 38.0 Å². The van der Waals surface area contributed by atoms with E-state index in [1.54, 1.807) is 0 Å². The largest absolute Gasteiger partial charge is 0.349 e. The molecule has 1 saturated heterocycles. The van der Waals surface area contributed by atoms with Crippen molar-refractivity contribution in [2.75, 3.05) is 19.8 Å². The average molecular weight is 247 g/mol. The molecule has 1 aromatic rings. The number of hydrogen-bond acceptors (Lipinski definition) is 3. The molecule has 3 rings (SSSR count). The summed E-state index contributed by atoms with van der Waals surface area (Å²) >= 11 is 0. The van der Waals surface area contributed by atoms with Crippen molar-refractivity contribution in [3.05, 3.63) is 35.4 Å². The first kappa shape index (κ1) is 12.2. The summed E-state index contributed by atoms with van der Waals surface area (Å²) in [6.07, 6.45) is 3.55. The van der Waals surface area contributed by atoms with Crippen LogP contribution in [0, 0.1) is 0 Å². The molecule has 0 amide bonds. The van der Waals surface area contributed by atoms with Gasteiger partial charge in [-0.2, -0.15) is 0 Å². The van der Waals surface area contributed by atoms with Gasteiger partial charge in [-0.25, -0.2) is 0 Å². The van der Waals surface area contributed by atoms with Crippen LogP contribution in [0.4, 0.5) is 0 Å². The van der Waals surface area contributed by atoms with Gasteiger partial charge in [0.2, 0.25) is 0 Å². The Hall–Kier alpha value is -0.900. The summed E-state index contributed by atoms with van der Waals surface area (Å²) in [7, 11) is 0. The molecular formula is C15H21NO2. The second-order valence-electron chi connectivity index (χ2n) is 5.39. The molecule has 1 heterocycles. The van der Waals surface area contributed by atoms with Crippen LogP contribution < -0.4 is 5.32 Å². The fraction of sp³-hybridized carbons (Fsp3) is 0.600. The van der Waals surface area contributed by atoms with Crippen LogP contribution in [0.15, 0.2) is 24.3 Å². The Labute approximate surface area is 108 Å². The molecule has 3 nitrogen and oxygen atoms in total. The van der Waals surface area contributed by atoms with Crippen LogP contribution in [0.25, 0.3) is 0 Å². The lowest BCUT2D eigenvalue weighted by Gasteiger charge is -2.37. The third-order valence-electron chi connectivity index (χ3n) is 4.08. The van der Waals surface area contributed by atoms with Crippen LogP contribution >= 0.6 is 0 Å². The summed E-state index contributed by atoms with van der Waals surface area (Å²) < 4.78 is 11.0. The van der Waals surface area contributed by atoms with Crippen molar-refractivity contribution < 1.29 is 9.47 Å². The maximum Gasteiger partial charge on any atom is 0.170 e. The molecule has 1 N–H and O–H groups in total. The summed E-state index contributed by atoms with van der Waals surface area (Å²) in [4.78, 5) is 0. The second kappa shape index (κ2) is 5.00. The zero-order valence-electron chi connectivity index (χ0n) is 10.9. The maximum absolute atomic E-state index is 5.49. The van der Waals surface area contributed by atoms with Gasteiger partial charge in [0.15, 0.2) is 6.29 Å². The Morgan fingerprint density at radius 2 is 2.06 bits per heavy atom. The molecule has 1 aromatic carbocycles. The van der Waals surface area contributed by atoms with Crippen molar-refractivity contribution in [1.82, 2.24) is 5.32 Å². The zero-order chi connectivity index (χ0) is 12.4. The van der Waals surface area contributed by atoms with Gasteiger partial charge in [0.25, 0.3) is 0 Å². The van der Waals surface area contributed by atoms with Gasteiger partial charge in [0.1, 0.15) is 0 Å². The highest BCUT2D eigenvalue weighted by atomic mass is 16.7. The lowest BCUT2D eigenvalue weighted by Crippen LogP contribution is -2.45. The van der Waals surface area contributed by atoms with E-state index in [-0.39, 0.29) is 11.8 Å². The predicted molar refractivity (Wildman–Crippen MR) is 70.4 cm³/mol. The summed E-state index contributed by atoms with van der Waals surface area (Å²) in [6.45, 7) is 4.50. The smallest absolute Gasteiger partial charge is 0.170 e. The van der Waals surface area contributed by atoms with Crippen LogP contribution in [0.5, 0.6) is 0 Å². The van der Waals surface area contributed by atoms with Gasteiger partial charge >= 0.3 is 0 Å². The van der Waals surface area contributed by atoms with E-state index in [1.165, 1.54) is 30.4 Å². The molecule has 1 fully saturated rings. The molecule has 0 radical (unpaired) electrons. The monoisotopic (exact) mass is 247 g/mol. The minimum atomic E-state index is -0.0732. The average Bonchev–Trinajstić information content (AvgIpc) is 2.90. The fourth-order valence-electron chi connectivity index (χ4n) is 3.06. The quantitative estimate of drug-likeness (QED) is 0.888. The molecule has 3 heteroatoms. The van der Waals surface area contributed by atoms with Crippen molar-refractivity contribution in [2.24, 2.45) is 0 Å². The fourth-order valence-corrected chi connectivity index (χ4v) is 3.06. The molecule has 2 aliphatic rings. The first-order chi connectivity index (χ1) is 8.78. The molecular weight excluding hydrogens is 226 g/mol. The first-order valence-corrected chi connectivity index (χ1v) is 6.85. The number of benzene rings is 1. The van der Waals surface area contributed by atoms with Crippen molar-refractivity contribution >= 4 is 0 Å². The summed E-state index contributed by atoms with van der Waals surface area (Å²) in [5.74, 6) is 0. The third kappa shape index (κ3) is 2.30. The molecule has 1 aliphatic heterocycles. The summed E-state index contributed by atoms with van der Waals surface area (Å²) in [5.41, 5.74) is 2.98. The van der Waals surface area contributed by atoms with Gasteiger partial charge in [0.05, 0.1) is 13.2 Å². The normalized spacial score (nSPS) is 28.3. The molecule has 18 heavy (non-hydrogen) atoms. The van der Waals surface area contributed by atoms with E-state index in [0.29, 0.717) is 0 Å². The number of aryl methyl sites for hydroxylation is 1. The second-order valence-corrected chi connectivity index (χ2v) is 5.39. The number of fused-ring (bicyclic) bond motifs is 1. The van der Waals surface area contributed by atoms with E-state index in [0.717, 1.165) is 19.8 Å². The number of nitrogens with one attached hydrogen (secondary N) is 1. The highest BCUT2D eigenvalue weighted by Crippen LogP contribution is 2.34. The zero-order valence-corrected chi connectivity index (χ0v) is 10.9. The molecule has 0 unspecified atom stereocenters. The summed E-state index contributed by atoms with van der Waals surface area (Å²) in [5, 5.41) is 3.65. The van der Waals surface area contributed by atoms with Gasteiger partial charge in [-0.3, -0.25) is 0 Å². The van der Waals surface area contributed by atoms with Crippen LogP contribution in [0.3, 0.4) is 0 Å². The van der Waals surface area contributed by atoms with Gasteiger partial charge in [0, 0.05) is 12.1 Å². The minimum absolute atomic E-state index is 0.0597. The van der Waals surface area contributed by atoms with Gasteiger partial charge in [-0.1, -0.05) is 24.3 Å². The molecule has 1 atom stereocenters. The lowest BCUT2D eigenvalue weighted by atomic mass is 9.78. The molecule has 0 saturated carbocycles. The van der Waals surface area contributed by atoms with Crippen molar-refractivity contribution in [3.63, 3.8) is 0 Å². The van der Waals surface area contributed by atoms with E-state index < -0.39 is 0 Å². The SMILES string of the molecule is C[C@@]1(NCC2OCCO2)CCCc2ccccc21. The van der Waals surface area contributed by atoms with Crippen LogP contribution in [-0.2, 0) is 21.4 Å². The van der Waals surface area contributed by atoms with Crippen molar-refractivity contribution in [1.29, 1.82) is 0 Å². The minimum Gasteiger partial charge on any atom is -0.349 e. The Balaban J connectivity index is 1.73. The maximum atomic E-state index is 5.49. The van der Waals surface area contributed by atoms with Crippen molar-refractivity contribution in [3.8, 4) is 0 Å². The topological polar surface area (TPSA) is 30.5 Å². The Morgan fingerprint density at radius 1 is 1.28 bits per heavy atom. The van der Waals surface area contributed by atoms with Crippen LogP contribution in [0.1, 0.15) is 30.9 Å². The first-order valence-electron chi connectivity index (χ1n) is 6.85. The van der Waals surface area contributed by atoms with E-state index in [4.69, 9.17) is 9.47 Å². The van der Waals surface area contributed by atoms with Crippen LogP contribution in [0.2, 0.25) is 0 Å². The number of ether oxygens (including phenoxy) is 2. The van der Waals surface area contributed by atoms with E-state index in [1.807, 2.05) is 0 Å². The van der Waals surface area contributed by atoms with E-state index in [2.05, 4.69) is 36.5 Å². The highest BCUT2D eigenvalue weighted by Gasteiger charge is 2.32. The predicted octanol–water partition coefficient (Wildman–Crippen LogP) is 2.20. The Bertz CT molecular complexity index is 415.